The molecule has 0 bridgehead atoms. The minimum absolute atomic E-state index is 0.814. The lowest BCUT2D eigenvalue weighted by atomic mass is 9.92. The van der Waals surface area contributed by atoms with Crippen molar-refractivity contribution in [1.29, 1.82) is 0 Å². The Labute approximate surface area is 338 Å². The fraction of sp³-hybridized carbons (Fsp3) is 0.0545. The van der Waals surface area contributed by atoms with Gasteiger partial charge in [0.15, 0.2) is 0 Å². The van der Waals surface area contributed by atoms with Crippen molar-refractivity contribution in [3.8, 4) is 22.5 Å². The van der Waals surface area contributed by atoms with E-state index in [2.05, 4.69) is 206 Å². The highest BCUT2D eigenvalue weighted by Gasteiger charge is 2.22. The third-order valence-corrected chi connectivity index (χ3v) is 11.5. The lowest BCUT2D eigenvalue weighted by Crippen LogP contribution is -2.03. The summed E-state index contributed by atoms with van der Waals surface area (Å²) in [7, 11) is 0. The monoisotopic (exact) mass is 746 g/mol. The molecule has 0 unspecified atom stereocenters. The number of para-hydroxylation sites is 3. The fourth-order valence-corrected chi connectivity index (χ4v) is 8.85. The van der Waals surface area contributed by atoms with Gasteiger partial charge in [-0.3, -0.25) is 0 Å². The van der Waals surface area contributed by atoms with Crippen molar-refractivity contribution in [2.24, 2.45) is 0 Å². The molecule has 0 N–H and O–H groups in total. The van der Waals surface area contributed by atoms with E-state index in [1.807, 2.05) is 12.2 Å². The maximum absolute atomic E-state index is 6.53. The predicted molar refractivity (Wildman–Crippen MR) is 246 cm³/mol. The highest BCUT2D eigenvalue weighted by atomic mass is 16.3. The summed E-state index contributed by atoms with van der Waals surface area (Å²) in [4.78, 5) is 0. The predicted octanol–water partition coefficient (Wildman–Crippen LogP) is 14.9. The summed E-state index contributed by atoms with van der Waals surface area (Å²) in [6.07, 6.45) is 13.2. The third kappa shape index (κ3) is 5.91. The van der Waals surface area contributed by atoms with Gasteiger partial charge in [-0.05, 0) is 109 Å². The molecule has 58 heavy (non-hydrogen) atoms. The van der Waals surface area contributed by atoms with Crippen LogP contribution in [0.5, 0.6) is 0 Å². The van der Waals surface area contributed by atoms with Gasteiger partial charge in [-0.25, -0.2) is 0 Å². The number of aryl methyl sites for hydroxylation is 1. The minimum Gasteiger partial charge on any atom is -0.456 e. The molecule has 0 amide bonds. The average molecular weight is 747 g/mol. The van der Waals surface area contributed by atoms with Crippen molar-refractivity contribution < 1.29 is 4.42 Å². The summed E-state index contributed by atoms with van der Waals surface area (Å²) in [5.41, 5.74) is 16.0. The zero-order valence-corrected chi connectivity index (χ0v) is 32.7. The van der Waals surface area contributed by atoms with E-state index in [1.54, 1.807) is 6.08 Å². The van der Waals surface area contributed by atoms with E-state index in [0.717, 1.165) is 39.7 Å². The van der Waals surface area contributed by atoms with E-state index in [9.17, 15) is 0 Å². The van der Waals surface area contributed by atoms with E-state index >= 15 is 0 Å². The van der Waals surface area contributed by atoms with Crippen LogP contribution in [0.25, 0.3) is 82.7 Å². The van der Waals surface area contributed by atoms with Crippen molar-refractivity contribution in [3.63, 3.8) is 0 Å². The smallest absolute Gasteiger partial charge is 0.135 e. The Bertz CT molecular complexity index is 3240. The highest BCUT2D eigenvalue weighted by Crippen LogP contribution is 2.40. The van der Waals surface area contributed by atoms with Crippen LogP contribution in [0.15, 0.2) is 205 Å². The largest absolute Gasteiger partial charge is 0.456 e. The summed E-state index contributed by atoms with van der Waals surface area (Å²) < 4.78 is 11.4. The molecule has 10 aromatic rings. The molecule has 0 saturated heterocycles. The molecule has 3 heterocycles. The zero-order chi connectivity index (χ0) is 39.2. The number of fused-ring (bicyclic) bond motifs is 7. The van der Waals surface area contributed by atoms with Gasteiger partial charge >= 0.3 is 0 Å². The SMILES string of the molecule is C=C/C=C\C=C/Cc1cc(/C(=C/C)c2c(C)c3ccccc3n2-c2ccc3oc4ccc(-n5c6ccccc6c6ccccc65)cc4c3c2)cc(-c2ccccc2)c1. The molecule has 3 heteroatoms. The van der Waals surface area contributed by atoms with Gasteiger partial charge in [0.05, 0.1) is 22.2 Å². The van der Waals surface area contributed by atoms with Crippen molar-refractivity contribution in [2.75, 3.05) is 0 Å². The maximum atomic E-state index is 6.53. The number of benzene rings is 7. The van der Waals surface area contributed by atoms with Crippen molar-refractivity contribution in [1.82, 2.24) is 9.13 Å². The molecule has 0 atom stereocenters. The van der Waals surface area contributed by atoms with Crippen LogP contribution in [-0.2, 0) is 6.42 Å². The zero-order valence-electron chi connectivity index (χ0n) is 32.7. The van der Waals surface area contributed by atoms with Gasteiger partial charge in [-0.2, -0.15) is 0 Å². The first-order valence-electron chi connectivity index (χ1n) is 20.0. The Balaban J connectivity index is 1.16. The number of furan rings is 1. The van der Waals surface area contributed by atoms with E-state index < -0.39 is 0 Å². The van der Waals surface area contributed by atoms with Crippen LogP contribution < -0.4 is 0 Å². The second-order valence-electron chi connectivity index (χ2n) is 14.9. The number of allylic oxidation sites excluding steroid dienone is 6. The molecule has 0 radical (unpaired) electrons. The molecule has 3 nitrogen and oxygen atoms in total. The van der Waals surface area contributed by atoms with Gasteiger partial charge in [0.1, 0.15) is 11.2 Å². The van der Waals surface area contributed by atoms with Crippen LogP contribution in [0, 0.1) is 6.92 Å². The highest BCUT2D eigenvalue weighted by molar-refractivity contribution is 6.11. The molecule has 10 rings (SSSR count). The van der Waals surface area contributed by atoms with Crippen LogP contribution in [0.1, 0.15) is 29.3 Å². The lowest BCUT2D eigenvalue weighted by Gasteiger charge is -2.17. The summed E-state index contributed by atoms with van der Waals surface area (Å²) in [6, 6.07) is 57.0. The van der Waals surface area contributed by atoms with Gasteiger partial charge in [-0.15, -0.1) is 0 Å². The van der Waals surface area contributed by atoms with E-state index in [4.69, 9.17) is 4.42 Å². The Kier molecular flexibility index (Phi) is 8.84. The summed E-state index contributed by atoms with van der Waals surface area (Å²) in [5.74, 6) is 0. The van der Waals surface area contributed by atoms with Crippen molar-refractivity contribution in [3.05, 3.63) is 223 Å². The molecule has 0 aliphatic rings. The average Bonchev–Trinajstić information content (AvgIpc) is 3.91. The van der Waals surface area contributed by atoms with Crippen LogP contribution in [0.4, 0.5) is 0 Å². The van der Waals surface area contributed by atoms with Crippen LogP contribution in [0.3, 0.4) is 0 Å². The molecule has 0 saturated carbocycles. The Morgan fingerprint density at radius 3 is 1.78 bits per heavy atom. The van der Waals surface area contributed by atoms with E-state index in [0.29, 0.717) is 0 Å². The molecule has 0 aliphatic carbocycles. The van der Waals surface area contributed by atoms with Gasteiger partial charge in [0.2, 0.25) is 0 Å². The molecule has 0 spiro atoms. The normalized spacial score (nSPS) is 12.4. The van der Waals surface area contributed by atoms with Gasteiger partial charge in [0.25, 0.3) is 0 Å². The van der Waals surface area contributed by atoms with Crippen LogP contribution in [0.2, 0.25) is 0 Å². The second-order valence-corrected chi connectivity index (χ2v) is 14.9. The second kappa shape index (κ2) is 14.6. The maximum Gasteiger partial charge on any atom is 0.135 e. The number of aromatic nitrogens is 2. The van der Waals surface area contributed by atoms with Crippen molar-refractivity contribution >= 4 is 60.2 Å². The molecular formula is C55H42N2O. The van der Waals surface area contributed by atoms with Crippen molar-refractivity contribution in [2.45, 2.75) is 20.3 Å². The first-order valence-corrected chi connectivity index (χ1v) is 20.0. The van der Waals surface area contributed by atoms with E-state index in [1.165, 1.54) is 71.8 Å². The molecule has 7 aromatic carbocycles. The molecular weight excluding hydrogens is 705 g/mol. The molecule has 0 aliphatic heterocycles. The summed E-state index contributed by atoms with van der Waals surface area (Å²) in [6.45, 7) is 8.23. The first kappa shape index (κ1) is 35.1. The number of nitrogens with zero attached hydrogens (tertiary/aromatic N) is 2. The Morgan fingerprint density at radius 1 is 0.552 bits per heavy atom. The Hall–Kier alpha value is -7.36. The third-order valence-electron chi connectivity index (χ3n) is 11.5. The number of rotatable bonds is 9. The van der Waals surface area contributed by atoms with Crippen LogP contribution >= 0.6 is 0 Å². The van der Waals surface area contributed by atoms with Crippen LogP contribution in [-0.4, -0.2) is 9.13 Å². The quantitative estimate of drug-likeness (QED) is 0.135. The van der Waals surface area contributed by atoms with Gasteiger partial charge < -0.3 is 13.6 Å². The van der Waals surface area contributed by atoms with E-state index in [-0.39, 0.29) is 0 Å². The lowest BCUT2D eigenvalue weighted by molar-refractivity contribution is 0.669. The molecule has 278 valence electrons. The molecule has 3 aromatic heterocycles. The standard InChI is InChI=1S/C55H42N2O/c1-4-6-7-8-10-19-38-32-40(39-20-11-9-12-21-39)34-41(33-38)44(5-2)55-37(3)45-22-13-16-25-50(45)57(55)43-29-31-54-49(36-43)48-35-42(28-30-53(48)58-54)56-51-26-17-14-23-46(51)47-24-15-18-27-52(47)56/h4-18,20-36H,1,19H2,2-3H3/b7-6-,10-8-,44-5-. The number of hydrogen-bond acceptors (Lipinski definition) is 1. The van der Waals surface area contributed by atoms with Gasteiger partial charge in [0, 0.05) is 43.9 Å². The fourth-order valence-electron chi connectivity index (χ4n) is 8.85. The number of hydrogen-bond donors (Lipinski definition) is 0. The first-order chi connectivity index (χ1) is 28.6. The Morgan fingerprint density at radius 2 is 1.14 bits per heavy atom. The molecule has 0 fully saturated rings. The summed E-state index contributed by atoms with van der Waals surface area (Å²) in [5, 5.41) is 5.91. The minimum atomic E-state index is 0.814. The topological polar surface area (TPSA) is 23.0 Å². The van der Waals surface area contributed by atoms with Gasteiger partial charge in [-0.1, -0.05) is 140 Å². The summed E-state index contributed by atoms with van der Waals surface area (Å²) >= 11 is 0.